The van der Waals surface area contributed by atoms with Crippen molar-refractivity contribution in [2.24, 2.45) is 0 Å². The molecule has 1 aromatic carbocycles. The molecule has 1 atom stereocenters. The molecule has 1 N–H and O–H groups in total. The van der Waals surface area contributed by atoms with Gasteiger partial charge in [-0.15, -0.1) is 0 Å². The molecule has 5 rings (SSSR count). The number of carbonyl (C=O) groups excluding carboxylic acids is 1. The second-order valence-corrected chi connectivity index (χ2v) is 7.80. The standard InChI is InChI=1S/C23H25N5O/c29-23(17-6-8-19(9-7-17)27-12-2-1-3-13-27)28-14-10-20-21(26-16-25-20)22(28)18-5-4-11-24-15-18/h4-9,11,15-16,22H,1-3,10,12-14H2,(H,25,26). The van der Waals surface area contributed by atoms with E-state index in [1.807, 2.05) is 35.4 Å². The summed E-state index contributed by atoms with van der Waals surface area (Å²) in [6, 6.07) is 11.8. The number of nitrogens with zero attached hydrogens (tertiary/aromatic N) is 4. The molecule has 3 aromatic rings. The van der Waals surface area contributed by atoms with Crippen molar-refractivity contribution in [1.82, 2.24) is 19.9 Å². The Bertz CT molecular complexity index is 976. The van der Waals surface area contributed by atoms with Crippen LogP contribution in [0.4, 0.5) is 5.69 Å². The first kappa shape index (κ1) is 17.9. The lowest BCUT2D eigenvalue weighted by Crippen LogP contribution is -2.40. The zero-order valence-electron chi connectivity index (χ0n) is 16.4. The smallest absolute Gasteiger partial charge is 0.254 e. The normalized spacial score (nSPS) is 19.1. The van der Waals surface area contributed by atoms with Gasteiger partial charge in [-0.3, -0.25) is 9.78 Å². The Labute approximate surface area is 170 Å². The molecular weight excluding hydrogens is 362 g/mol. The van der Waals surface area contributed by atoms with Crippen LogP contribution in [0.15, 0.2) is 55.1 Å². The van der Waals surface area contributed by atoms with Gasteiger partial charge < -0.3 is 14.8 Å². The topological polar surface area (TPSA) is 65.1 Å². The number of nitrogens with one attached hydrogen (secondary N) is 1. The minimum Gasteiger partial charge on any atom is -0.372 e. The highest BCUT2D eigenvalue weighted by molar-refractivity contribution is 5.95. The number of carbonyl (C=O) groups is 1. The maximum Gasteiger partial charge on any atom is 0.254 e. The van der Waals surface area contributed by atoms with Crippen LogP contribution in [-0.2, 0) is 6.42 Å². The van der Waals surface area contributed by atoms with Crippen LogP contribution in [0.2, 0.25) is 0 Å². The minimum atomic E-state index is -0.215. The van der Waals surface area contributed by atoms with E-state index in [-0.39, 0.29) is 11.9 Å². The molecule has 148 valence electrons. The fourth-order valence-electron chi connectivity index (χ4n) is 4.50. The summed E-state index contributed by atoms with van der Waals surface area (Å²) in [6.45, 7) is 2.86. The molecule has 29 heavy (non-hydrogen) atoms. The van der Waals surface area contributed by atoms with Crippen LogP contribution in [0.5, 0.6) is 0 Å². The summed E-state index contributed by atoms with van der Waals surface area (Å²) < 4.78 is 0. The number of hydrogen-bond acceptors (Lipinski definition) is 4. The fourth-order valence-corrected chi connectivity index (χ4v) is 4.50. The maximum atomic E-state index is 13.5. The largest absolute Gasteiger partial charge is 0.372 e. The molecule has 2 aliphatic rings. The molecule has 0 bridgehead atoms. The van der Waals surface area contributed by atoms with Crippen molar-refractivity contribution in [2.75, 3.05) is 24.5 Å². The van der Waals surface area contributed by atoms with Crippen LogP contribution in [0.25, 0.3) is 0 Å². The number of amides is 1. The number of piperidine rings is 1. The molecule has 0 aliphatic carbocycles. The first-order valence-corrected chi connectivity index (χ1v) is 10.4. The highest BCUT2D eigenvalue weighted by Gasteiger charge is 2.34. The van der Waals surface area contributed by atoms with Crippen molar-refractivity contribution in [3.8, 4) is 0 Å². The number of fused-ring (bicyclic) bond motifs is 1. The van der Waals surface area contributed by atoms with Gasteiger partial charge in [-0.1, -0.05) is 6.07 Å². The zero-order chi connectivity index (χ0) is 19.6. The third-order valence-corrected chi connectivity index (χ3v) is 6.02. The number of pyridine rings is 1. The summed E-state index contributed by atoms with van der Waals surface area (Å²) in [6.07, 6.45) is 9.88. The highest BCUT2D eigenvalue weighted by Crippen LogP contribution is 2.34. The Morgan fingerprint density at radius 3 is 2.62 bits per heavy atom. The van der Waals surface area contributed by atoms with Crippen LogP contribution in [0, 0.1) is 0 Å². The Morgan fingerprint density at radius 2 is 1.86 bits per heavy atom. The average Bonchev–Trinajstić information content (AvgIpc) is 3.28. The maximum absolute atomic E-state index is 13.5. The number of benzene rings is 1. The Balaban J connectivity index is 1.43. The van der Waals surface area contributed by atoms with E-state index in [0.717, 1.165) is 42.0 Å². The predicted octanol–water partition coefficient (Wildman–Crippen LogP) is 3.58. The van der Waals surface area contributed by atoms with E-state index in [9.17, 15) is 4.79 Å². The summed E-state index contributed by atoms with van der Waals surface area (Å²) in [5.74, 6) is 0.0395. The van der Waals surface area contributed by atoms with Crippen LogP contribution in [-0.4, -0.2) is 45.4 Å². The van der Waals surface area contributed by atoms with Gasteiger partial charge >= 0.3 is 0 Å². The molecule has 0 saturated carbocycles. The number of H-pyrrole nitrogens is 1. The Morgan fingerprint density at radius 1 is 1.03 bits per heavy atom. The van der Waals surface area contributed by atoms with Gasteiger partial charge in [0.15, 0.2) is 0 Å². The summed E-state index contributed by atoms with van der Waals surface area (Å²) >= 11 is 0. The Hall–Kier alpha value is -3.15. The molecule has 1 saturated heterocycles. The van der Waals surface area contributed by atoms with Crippen LogP contribution in [0.1, 0.15) is 52.6 Å². The van der Waals surface area contributed by atoms with E-state index in [4.69, 9.17) is 0 Å². The van der Waals surface area contributed by atoms with Crippen LogP contribution < -0.4 is 4.90 Å². The fraction of sp³-hybridized carbons (Fsp3) is 0.348. The number of imidazole rings is 1. The van der Waals surface area contributed by atoms with Gasteiger partial charge in [0.1, 0.15) is 6.04 Å². The summed E-state index contributed by atoms with van der Waals surface area (Å²) in [4.78, 5) is 29.8. The zero-order valence-corrected chi connectivity index (χ0v) is 16.4. The van der Waals surface area contributed by atoms with Crippen LogP contribution in [0.3, 0.4) is 0 Å². The van der Waals surface area contributed by atoms with Crippen molar-refractivity contribution in [3.63, 3.8) is 0 Å². The second-order valence-electron chi connectivity index (χ2n) is 7.80. The number of hydrogen-bond donors (Lipinski definition) is 1. The van der Waals surface area contributed by atoms with E-state index >= 15 is 0 Å². The van der Waals surface area contributed by atoms with Crippen molar-refractivity contribution >= 4 is 11.6 Å². The first-order chi connectivity index (χ1) is 14.3. The predicted molar refractivity (Wildman–Crippen MR) is 112 cm³/mol. The van der Waals surface area contributed by atoms with E-state index in [1.165, 1.54) is 24.9 Å². The molecule has 1 fully saturated rings. The molecule has 2 aromatic heterocycles. The average molecular weight is 387 g/mol. The SMILES string of the molecule is O=C(c1ccc(N2CCCCC2)cc1)N1CCc2[nH]cnc2C1c1cccnc1. The number of aromatic nitrogens is 3. The Kier molecular flexibility index (Phi) is 4.76. The van der Waals surface area contributed by atoms with E-state index in [0.29, 0.717) is 6.54 Å². The molecule has 2 aliphatic heterocycles. The van der Waals surface area contributed by atoms with Gasteiger partial charge in [0.2, 0.25) is 0 Å². The molecule has 0 radical (unpaired) electrons. The van der Waals surface area contributed by atoms with E-state index in [1.54, 1.807) is 12.5 Å². The van der Waals surface area contributed by atoms with Gasteiger partial charge in [-0.25, -0.2) is 4.98 Å². The van der Waals surface area contributed by atoms with Gasteiger partial charge in [-0.2, -0.15) is 0 Å². The lowest BCUT2D eigenvalue weighted by molar-refractivity contribution is 0.0690. The van der Waals surface area contributed by atoms with Gasteiger partial charge in [0.05, 0.1) is 12.0 Å². The summed E-state index contributed by atoms with van der Waals surface area (Å²) in [7, 11) is 0. The van der Waals surface area contributed by atoms with Crippen LogP contribution >= 0.6 is 0 Å². The molecule has 6 nitrogen and oxygen atoms in total. The van der Waals surface area contributed by atoms with E-state index < -0.39 is 0 Å². The van der Waals surface area contributed by atoms with Crippen molar-refractivity contribution in [2.45, 2.75) is 31.7 Å². The lowest BCUT2D eigenvalue weighted by Gasteiger charge is -2.35. The third kappa shape index (κ3) is 3.39. The first-order valence-electron chi connectivity index (χ1n) is 10.4. The highest BCUT2D eigenvalue weighted by atomic mass is 16.2. The lowest BCUT2D eigenvalue weighted by atomic mass is 9.96. The molecule has 1 unspecified atom stereocenters. The quantitative estimate of drug-likeness (QED) is 0.746. The molecule has 0 spiro atoms. The van der Waals surface area contributed by atoms with Crippen molar-refractivity contribution < 1.29 is 4.79 Å². The molecule has 4 heterocycles. The van der Waals surface area contributed by atoms with Gasteiger partial charge in [0, 0.05) is 55.4 Å². The van der Waals surface area contributed by atoms with Gasteiger partial charge in [-0.05, 0) is 55.2 Å². The number of anilines is 1. The second kappa shape index (κ2) is 7.70. The van der Waals surface area contributed by atoms with E-state index in [2.05, 4.69) is 32.0 Å². The van der Waals surface area contributed by atoms with Gasteiger partial charge in [0.25, 0.3) is 5.91 Å². The van der Waals surface area contributed by atoms with Crippen molar-refractivity contribution in [3.05, 3.63) is 77.6 Å². The molecular formula is C23H25N5O. The monoisotopic (exact) mass is 387 g/mol. The third-order valence-electron chi connectivity index (χ3n) is 6.02. The van der Waals surface area contributed by atoms with Crippen molar-refractivity contribution in [1.29, 1.82) is 0 Å². The summed E-state index contributed by atoms with van der Waals surface area (Å²) in [5.41, 5.74) is 4.93. The number of rotatable bonds is 3. The number of aromatic amines is 1. The summed E-state index contributed by atoms with van der Waals surface area (Å²) in [5, 5.41) is 0. The molecule has 6 heteroatoms. The minimum absolute atomic E-state index is 0.0395. The molecule has 1 amide bonds.